The predicted octanol–water partition coefficient (Wildman–Crippen LogP) is 15.9. The Labute approximate surface area is 344 Å². The molecule has 0 saturated heterocycles. The lowest BCUT2D eigenvalue weighted by molar-refractivity contribution is 0.479. The molecule has 0 bridgehead atoms. The number of nitrogens with zero attached hydrogens (tertiary/aromatic N) is 2. The topological polar surface area (TPSA) is 15.7 Å². The van der Waals surface area contributed by atoms with Gasteiger partial charge in [-0.25, -0.2) is 0 Å². The average Bonchev–Trinajstić information content (AvgIpc) is 3.67. The van der Waals surface area contributed by atoms with Crippen molar-refractivity contribution < 1.29 is 4.74 Å². The van der Waals surface area contributed by atoms with Gasteiger partial charge in [0.05, 0.1) is 16.1 Å². The number of hydrogen-bond acceptors (Lipinski definition) is 4. The number of benzene rings is 7. The van der Waals surface area contributed by atoms with Gasteiger partial charge in [-0.2, -0.15) is 0 Å². The van der Waals surface area contributed by atoms with Crippen LogP contribution in [0, 0.1) is 6.92 Å². The summed E-state index contributed by atoms with van der Waals surface area (Å²) in [6.07, 6.45) is 15.8. The molecule has 0 radical (unpaired) electrons. The Balaban J connectivity index is 1.20. The Hall–Kier alpha value is -7.14. The Bertz CT molecular complexity index is 2870. The molecule has 0 N–H and O–H groups in total. The minimum absolute atomic E-state index is 0.814. The summed E-state index contributed by atoms with van der Waals surface area (Å²) < 4.78 is 8.76. The van der Waals surface area contributed by atoms with E-state index < -0.39 is 0 Å². The fraction of sp³-hybridized carbons (Fsp3) is 0.0370. The summed E-state index contributed by atoms with van der Waals surface area (Å²) in [6, 6.07) is 59.7. The quantitative estimate of drug-likeness (QED) is 0.122. The summed E-state index contributed by atoms with van der Waals surface area (Å²) in [7, 11) is 0. The molecule has 3 nitrogen and oxygen atoms in total. The summed E-state index contributed by atoms with van der Waals surface area (Å²) in [4.78, 5) is 4.67. The maximum absolute atomic E-state index is 6.35. The van der Waals surface area contributed by atoms with Gasteiger partial charge in [-0.1, -0.05) is 140 Å². The van der Waals surface area contributed by atoms with E-state index in [2.05, 4.69) is 205 Å². The van der Waals surface area contributed by atoms with E-state index in [0.29, 0.717) is 0 Å². The third-order valence-corrected chi connectivity index (χ3v) is 11.6. The van der Waals surface area contributed by atoms with Crippen molar-refractivity contribution in [3.8, 4) is 22.6 Å². The van der Waals surface area contributed by atoms with E-state index in [1.807, 2.05) is 41.7 Å². The van der Waals surface area contributed by atoms with Gasteiger partial charge in [-0.3, -0.25) is 0 Å². The molecule has 0 aliphatic heterocycles. The maximum atomic E-state index is 6.35. The number of allylic oxidation sites excluding steroid dienone is 8. The largest absolute Gasteiger partial charge is 0.457 e. The zero-order valence-corrected chi connectivity index (χ0v) is 33.1. The standard InChI is InChI=1S/C54H42N2OS/c1-39-37-46(35-36-51(39)57-47-29-13-6-14-30-47)56(45-28-16-25-43(38-45)42-23-9-4-10-24-42)49-32-18-34-52-53(49)48-31-17-33-50(54(48)58-52)55(44-26-11-5-12-27-44)40(2)19-15-22-41-20-7-3-8-21-41/h3-20,22-38H,2,21H2,1H3/b19-15-,41-22-. The van der Waals surface area contributed by atoms with Crippen molar-refractivity contribution in [1.82, 2.24) is 0 Å². The summed E-state index contributed by atoms with van der Waals surface area (Å²) >= 11 is 1.82. The molecule has 0 saturated carbocycles. The van der Waals surface area contributed by atoms with Gasteiger partial charge in [0.2, 0.25) is 0 Å². The third-order valence-electron chi connectivity index (χ3n) is 10.4. The van der Waals surface area contributed by atoms with Gasteiger partial charge < -0.3 is 14.5 Å². The lowest BCUT2D eigenvalue weighted by Crippen LogP contribution is -2.14. The van der Waals surface area contributed by atoms with Crippen molar-refractivity contribution in [2.75, 3.05) is 9.80 Å². The van der Waals surface area contributed by atoms with Crippen molar-refractivity contribution in [3.05, 3.63) is 236 Å². The van der Waals surface area contributed by atoms with Crippen LogP contribution in [0.2, 0.25) is 0 Å². The molecule has 8 aromatic rings. The molecule has 280 valence electrons. The molecule has 0 amide bonds. The minimum atomic E-state index is 0.814. The van der Waals surface area contributed by atoms with Crippen LogP contribution in [0.3, 0.4) is 0 Å². The van der Waals surface area contributed by atoms with Gasteiger partial charge in [0, 0.05) is 38.2 Å². The number of thiophene rings is 1. The summed E-state index contributed by atoms with van der Waals surface area (Å²) in [6.45, 7) is 6.73. The highest BCUT2D eigenvalue weighted by Crippen LogP contribution is 2.49. The van der Waals surface area contributed by atoms with Crippen LogP contribution < -0.4 is 14.5 Å². The molecule has 0 fully saturated rings. The average molecular weight is 767 g/mol. The first-order valence-corrected chi connectivity index (χ1v) is 20.4. The van der Waals surface area contributed by atoms with Crippen LogP contribution in [0.25, 0.3) is 31.3 Å². The number of hydrogen-bond donors (Lipinski definition) is 0. The molecular weight excluding hydrogens is 725 g/mol. The Morgan fingerprint density at radius 3 is 2.12 bits per heavy atom. The SMILES string of the molecule is C=C(/C=C\C=C1\C=CC=CC1)N(c1ccccc1)c1cccc2c1sc1cccc(N(c3cccc(-c4ccccc4)c3)c3ccc(Oc4ccccc4)c(C)c3)c12. The first-order chi connectivity index (χ1) is 28.6. The van der Waals surface area contributed by atoms with E-state index in [0.717, 1.165) is 63.2 Å². The summed E-state index contributed by atoms with van der Waals surface area (Å²) in [5.74, 6) is 1.64. The van der Waals surface area contributed by atoms with Crippen molar-refractivity contribution >= 4 is 59.9 Å². The Kier molecular flexibility index (Phi) is 10.4. The fourth-order valence-corrected chi connectivity index (χ4v) is 8.84. The molecule has 1 heterocycles. The molecule has 0 atom stereocenters. The van der Waals surface area contributed by atoms with Gasteiger partial charge in [-0.05, 0) is 114 Å². The molecule has 1 aromatic heterocycles. The number of aryl methyl sites for hydroxylation is 1. The smallest absolute Gasteiger partial charge is 0.130 e. The summed E-state index contributed by atoms with van der Waals surface area (Å²) in [5.41, 5.74) is 10.9. The highest BCUT2D eigenvalue weighted by molar-refractivity contribution is 7.26. The second kappa shape index (κ2) is 16.5. The molecular formula is C54H42N2OS. The van der Waals surface area contributed by atoms with Gasteiger partial charge in [-0.15, -0.1) is 11.3 Å². The number of para-hydroxylation sites is 2. The normalized spacial score (nSPS) is 13.1. The van der Waals surface area contributed by atoms with Crippen molar-refractivity contribution in [3.63, 3.8) is 0 Å². The summed E-state index contributed by atoms with van der Waals surface area (Å²) in [5, 5.41) is 2.39. The second-order valence-electron chi connectivity index (χ2n) is 14.3. The maximum Gasteiger partial charge on any atom is 0.130 e. The minimum Gasteiger partial charge on any atom is -0.457 e. The van der Waals surface area contributed by atoms with Crippen LogP contribution in [0.4, 0.5) is 28.4 Å². The van der Waals surface area contributed by atoms with Crippen molar-refractivity contribution in [2.24, 2.45) is 0 Å². The Morgan fingerprint density at radius 2 is 1.34 bits per heavy atom. The van der Waals surface area contributed by atoms with Gasteiger partial charge >= 0.3 is 0 Å². The van der Waals surface area contributed by atoms with Crippen LogP contribution in [0.5, 0.6) is 11.5 Å². The predicted molar refractivity (Wildman–Crippen MR) is 249 cm³/mol. The van der Waals surface area contributed by atoms with Crippen molar-refractivity contribution in [2.45, 2.75) is 13.3 Å². The molecule has 1 aliphatic carbocycles. The van der Waals surface area contributed by atoms with Crippen LogP contribution >= 0.6 is 11.3 Å². The monoisotopic (exact) mass is 766 g/mol. The number of fused-ring (bicyclic) bond motifs is 3. The van der Waals surface area contributed by atoms with E-state index in [1.54, 1.807) is 0 Å². The first-order valence-electron chi connectivity index (χ1n) is 19.6. The van der Waals surface area contributed by atoms with Gasteiger partial charge in [0.25, 0.3) is 0 Å². The molecule has 1 aliphatic rings. The highest BCUT2D eigenvalue weighted by atomic mass is 32.1. The van der Waals surface area contributed by atoms with E-state index >= 15 is 0 Å². The first kappa shape index (κ1) is 36.5. The van der Waals surface area contributed by atoms with Crippen LogP contribution in [-0.2, 0) is 0 Å². The van der Waals surface area contributed by atoms with Crippen LogP contribution in [0.1, 0.15) is 12.0 Å². The molecule has 0 spiro atoms. The van der Waals surface area contributed by atoms with Crippen LogP contribution in [0.15, 0.2) is 230 Å². The fourth-order valence-electron chi connectivity index (χ4n) is 7.61. The molecule has 0 unspecified atom stereocenters. The van der Waals surface area contributed by atoms with Crippen molar-refractivity contribution in [1.29, 1.82) is 0 Å². The lowest BCUT2D eigenvalue weighted by Gasteiger charge is -2.28. The molecule has 7 aromatic carbocycles. The second-order valence-corrected chi connectivity index (χ2v) is 15.3. The molecule has 58 heavy (non-hydrogen) atoms. The molecule has 9 rings (SSSR count). The van der Waals surface area contributed by atoms with E-state index in [1.165, 1.54) is 31.3 Å². The highest BCUT2D eigenvalue weighted by Gasteiger charge is 2.23. The van der Waals surface area contributed by atoms with E-state index in [9.17, 15) is 0 Å². The lowest BCUT2D eigenvalue weighted by atomic mass is 10.0. The molecule has 4 heteroatoms. The number of anilines is 5. The third kappa shape index (κ3) is 7.54. The van der Waals surface area contributed by atoms with E-state index in [-0.39, 0.29) is 0 Å². The number of ether oxygens (including phenoxy) is 1. The van der Waals surface area contributed by atoms with E-state index in [4.69, 9.17) is 4.74 Å². The Morgan fingerprint density at radius 1 is 0.655 bits per heavy atom. The van der Waals surface area contributed by atoms with Crippen LogP contribution in [-0.4, -0.2) is 0 Å². The zero-order chi connectivity index (χ0) is 39.3. The van der Waals surface area contributed by atoms with Gasteiger partial charge in [0.1, 0.15) is 11.5 Å². The van der Waals surface area contributed by atoms with Gasteiger partial charge in [0.15, 0.2) is 0 Å². The number of rotatable bonds is 11. The zero-order valence-electron chi connectivity index (χ0n) is 32.3.